The van der Waals surface area contributed by atoms with Crippen LogP contribution in [0.2, 0.25) is 0 Å². The molecule has 1 atom stereocenters. The van der Waals surface area contributed by atoms with Gasteiger partial charge in [-0.05, 0) is 12.5 Å². The van der Waals surface area contributed by atoms with Gasteiger partial charge in [-0.25, -0.2) is 0 Å². The number of ether oxygens (including phenoxy) is 1. The fourth-order valence-corrected chi connectivity index (χ4v) is 0.912. The van der Waals surface area contributed by atoms with Gasteiger partial charge in [-0.1, -0.05) is 41.4 Å². The van der Waals surface area contributed by atoms with Gasteiger partial charge in [-0.3, -0.25) is 0 Å². The van der Waals surface area contributed by atoms with Crippen LogP contribution >= 0.6 is 11.6 Å². The van der Waals surface area contributed by atoms with Crippen LogP contribution in [0.1, 0.15) is 11.1 Å². The fourth-order valence-electron chi connectivity index (χ4n) is 0.849. The molecule has 12 heavy (non-hydrogen) atoms. The molecule has 0 heterocycles. The van der Waals surface area contributed by atoms with E-state index < -0.39 is 5.75 Å². The maximum Gasteiger partial charge on any atom is 0.234 e. The van der Waals surface area contributed by atoms with Crippen molar-refractivity contribution in [2.24, 2.45) is 0 Å². The van der Waals surface area contributed by atoms with Gasteiger partial charge >= 0.3 is 0 Å². The molecule has 0 aromatic heterocycles. The van der Waals surface area contributed by atoms with Gasteiger partial charge in [-0.15, -0.1) is 0 Å². The number of aliphatic hydroxyl groups excluding tert-OH is 1. The molecule has 1 N–H and O–H groups in total. The van der Waals surface area contributed by atoms with Crippen molar-refractivity contribution in [2.45, 2.75) is 19.3 Å². The van der Waals surface area contributed by atoms with E-state index in [1.807, 2.05) is 31.2 Å². The van der Waals surface area contributed by atoms with Gasteiger partial charge in [0.1, 0.15) is 0 Å². The molecule has 3 heteroatoms. The van der Waals surface area contributed by atoms with Gasteiger partial charge in [-0.2, -0.15) is 0 Å². The Labute approximate surface area is 76.7 Å². The summed E-state index contributed by atoms with van der Waals surface area (Å²) in [5, 5.41) is 8.61. The molecule has 0 radical (unpaired) electrons. The van der Waals surface area contributed by atoms with Gasteiger partial charge in [0, 0.05) is 0 Å². The molecule has 0 aliphatic carbocycles. The van der Waals surface area contributed by atoms with Crippen molar-refractivity contribution >= 4 is 11.6 Å². The molecular formula is C9H11ClO2. The highest BCUT2D eigenvalue weighted by Gasteiger charge is 1.97. The molecule has 1 aromatic rings. The minimum Gasteiger partial charge on any atom is -0.356 e. The van der Waals surface area contributed by atoms with E-state index in [9.17, 15) is 0 Å². The van der Waals surface area contributed by atoms with Crippen LogP contribution in [-0.4, -0.2) is 10.9 Å². The Hall–Kier alpha value is -0.570. The highest BCUT2D eigenvalue weighted by molar-refractivity contribution is 6.18. The molecule has 0 saturated heterocycles. The smallest absolute Gasteiger partial charge is 0.234 e. The lowest BCUT2D eigenvalue weighted by molar-refractivity contribution is -0.0479. The average Bonchev–Trinajstić information content (AvgIpc) is 2.03. The zero-order chi connectivity index (χ0) is 8.97. The average molecular weight is 187 g/mol. The fraction of sp³-hybridized carbons (Fsp3) is 0.333. The molecule has 1 rings (SSSR count). The third-order valence-electron chi connectivity index (χ3n) is 1.51. The zero-order valence-corrected chi connectivity index (χ0v) is 7.58. The van der Waals surface area contributed by atoms with E-state index in [1.54, 1.807) is 0 Å². The number of aliphatic hydroxyl groups is 1. The predicted octanol–water partition coefficient (Wildman–Crippen LogP) is 2.03. The third kappa shape index (κ3) is 3.22. The molecule has 0 spiro atoms. The lowest BCUT2D eigenvalue weighted by Crippen LogP contribution is -2.02. The number of aryl methyl sites for hydroxylation is 1. The molecule has 0 saturated carbocycles. The van der Waals surface area contributed by atoms with Crippen LogP contribution in [0.4, 0.5) is 0 Å². The van der Waals surface area contributed by atoms with Crippen molar-refractivity contribution in [1.29, 1.82) is 0 Å². The first-order chi connectivity index (χ1) is 5.68. The largest absolute Gasteiger partial charge is 0.356 e. The van der Waals surface area contributed by atoms with Crippen LogP contribution in [0, 0.1) is 6.92 Å². The summed E-state index contributed by atoms with van der Waals surface area (Å²) in [7, 11) is 0. The number of halogens is 1. The van der Waals surface area contributed by atoms with Crippen LogP contribution in [0.3, 0.4) is 0 Å². The zero-order valence-electron chi connectivity index (χ0n) is 6.83. The molecule has 0 aliphatic rings. The highest BCUT2D eigenvalue weighted by Crippen LogP contribution is 2.06. The second-order valence-electron chi connectivity index (χ2n) is 2.59. The van der Waals surface area contributed by atoms with Gasteiger partial charge in [0.15, 0.2) is 0 Å². The normalized spacial score (nSPS) is 12.9. The van der Waals surface area contributed by atoms with Crippen molar-refractivity contribution in [3.05, 3.63) is 35.4 Å². The molecule has 1 aromatic carbocycles. The van der Waals surface area contributed by atoms with Gasteiger partial charge in [0.25, 0.3) is 0 Å². The molecule has 1 unspecified atom stereocenters. The number of alkyl halides is 1. The second kappa shape index (κ2) is 4.45. The summed E-state index contributed by atoms with van der Waals surface area (Å²) >= 11 is 5.19. The standard InChI is InChI=1S/C9H11ClO2/c1-7-2-4-8(5-3-7)6-12-9(10)11/h2-5,9,11H,6H2,1H3. The molecule has 66 valence electrons. The highest BCUT2D eigenvalue weighted by atomic mass is 35.5. The minimum atomic E-state index is -1.22. The molecule has 0 aliphatic heterocycles. The Morgan fingerprint density at radius 1 is 1.42 bits per heavy atom. The first kappa shape index (κ1) is 9.52. The van der Waals surface area contributed by atoms with E-state index in [2.05, 4.69) is 0 Å². The van der Waals surface area contributed by atoms with Crippen molar-refractivity contribution < 1.29 is 9.84 Å². The SMILES string of the molecule is Cc1ccc(COC(O)Cl)cc1. The Morgan fingerprint density at radius 2 is 2.00 bits per heavy atom. The van der Waals surface area contributed by atoms with Gasteiger partial charge in [0.2, 0.25) is 5.75 Å². The van der Waals surface area contributed by atoms with Crippen LogP contribution in [0.5, 0.6) is 0 Å². The maximum atomic E-state index is 8.61. The lowest BCUT2D eigenvalue weighted by Gasteiger charge is -2.04. The first-order valence-electron chi connectivity index (χ1n) is 3.68. The van der Waals surface area contributed by atoms with Crippen LogP contribution in [0.15, 0.2) is 24.3 Å². The summed E-state index contributed by atoms with van der Waals surface area (Å²) in [6.07, 6.45) is 0. The molecule has 0 fully saturated rings. The Bertz CT molecular complexity index is 231. The summed E-state index contributed by atoms with van der Waals surface area (Å²) in [5.41, 5.74) is 2.20. The van der Waals surface area contributed by atoms with E-state index >= 15 is 0 Å². The molecule has 2 nitrogen and oxygen atoms in total. The van der Waals surface area contributed by atoms with Crippen molar-refractivity contribution in [3.63, 3.8) is 0 Å². The minimum absolute atomic E-state index is 0.338. The maximum absolute atomic E-state index is 8.61. The number of hydrogen-bond donors (Lipinski definition) is 1. The van der Waals surface area contributed by atoms with E-state index in [-0.39, 0.29) is 0 Å². The first-order valence-corrected chi connectivity index (χ1v) is 4.11. The number of rotatable bonds is 3. The predicted molar refractivity (Wildman–Crippen MR) is 47.8 cm³/mol. The number of benzene rings is 1. The summed E-state index contributed by atoms with van der Waals surface area (Å²) in [6.45, 7) is 2.35. The van der Waals surface area contributed by atoms with Crippen molar-refractivity contribution in [3.8, 4) is 0 Å². The topological polar surface area (TPSA) is 29.5 Å². The van der Waals surface area contributed by atoms with Gasteiger partial charge < -0.3 is 9.84 Å². The number of hydrogen-bond acceptors (Lipinski definition) is 2. The Kier molecular flexibility index (Phi) is 3.53. The Morgan fingerprint density at radius 3 is 2.50 bits per heavy atom. The van der Waals surface area contributed by atoms with E-state index in [0.29, 0.717) is 6.61 Å². The van der Waals surface area contributed by atoms with Crippen molar-refractivity contribution in [1.82, 2.24) is 0 Å². The lowest BCUT2D eigenvalue weighted by atomic mass is 10.2. The molecular weight excluding hydrogens is 176 g/mol. The van der Waals surface area contributed by atoms with Crippen LogP contribution < -0.4 is 0 Å². The Balaban J connectivity index is 2.48. The molecule has 0 bridgehead atoms. The van der Waals surface area contributed by atoms with E-state index in [0.717, 1.165) is 5.56 Å². The van der Waals surface area contributed by atoms with Crippen LogP contribution in [0.25, 0.3) is 0 Å². The summed E-state index contributed by atoms with van der Waals surface area (Å²) in [6, 6.07) is 7.85. The monoisotopic (exact) mass is 186 g/mol. The summed E-state index contributed by atoms with van der Waals surface area (Å²) < 4.78 is 4.79. The van der Waals surface area contributed by atoms with Gasteiger partial charge in [0.05, 0.1) is 6.61 Å². The van der Waals surface area contributed by atoms with E-state index in [4.69, 9.17) is 21.4 Å². The summed E-state index contributed by atoms with van der Waals surface area (Å²) in [5.74, 6) is -1.22. The quantitative estimate of drug-likeness (QED) is 0.578. The third-order valence-corrected chi connectivity index (χ3v) is 1.63. The molecule has 0 amide bonds. The van der Waals surface area contributed by atoms with Crippen LogP contribution in [-0.2, 0) is 11.3 Å². The van der Waals surface area contributed by atoms with E-state index in [1.165, 1.54) is 5.56 Å². The second-order valence-corrected chi connectivity index (χ2v) is 2.96. The summed E-state index contributed by atoms with van der Waals surface area (Å²) in [4.78, 5) is 0. The van der Waals surface area contributed by atoms with Crippen molar-refractivity contribution in [2.75, 3.05) is 0 Å².